The van der Waals surface area contributed by atoms with Crippen molar-refractivity contribution >= 4 is 53.3 Å². The van der Waals surface area contributed by atoms with Gasteiger partial charge in [0.2, 0.25) is 0 Å². The van der Waals surface area contributed by atoms with Gasteiger partial charge in [0.05, 0.1) is 11.0 Å². The van der Waals surface area contributed by atoms with Crippen LogP contribution in [0.2, 0.25) is 0 Å². The summed E-state index contributed by atoms with van der Waals surface area (Å²) in [6, 6.07) is 77.6. The van der Waals surface area contributed by atoms with Crippen molar-refractivity contribution < 1.29 is 0 Å². The third kappa shape index (κ3) is 6.26. The van der Waals surface area contributed by atoms with Crippen molar-refractivity contribution in [1.29, 1.82) is 0 Å². The minimum Gasteiger partial charge on any atom is -0.309 e. The van der Waals surface area contributed by atoms with Gasteiger partial charge in [-0.05, 0) is 81.9 Å². The van der Waals surface area contributed by atoms with Gasteiger partial charge >= 0.3 is 0 Å². The van der Waals surface area contributed by atoms with Gasteiger partial charge in [-0.3, -0.25) is 0 Å². The molecule has 0 bridgehead atoms. The molecule has 12 aromatic rings. The maximum absolute atomic E-state index is 5.24. The number of aromatic nitrogens is 4. The molecular weight excluding hydrogens is 773 g/mol. The van der Waals surface area contributed by atoms with Gasteiger partial charge in [0.15, 0.2) is 17.5 Å². The van der Waals surface area contributed by atoms with Gasteiger partial charge in [-0.25, -0.2) is 15.0 Å². The molecule has 0 spiro atoms. The Hall–Kier alpha value is -7.99. The predicted octanol–water partition coefficient (Wildman–Crippen LogP) is 15.3. The quantitative estimate of drug-likeness (QED) is 0.161. The van der Waals surface area contributed by atoms with Crippen LogP contribution in [-0.2, 0) is 0 Å². The van der Waals surface area contributed by atoms with Crippen LogP contribution >= 0.6 is 11.3 Å². The lowest BCUT2D eigenvalue weighted by Gasteiger charge is -2.12. The van der Waals surface area contributed by atoms with E-state index in [-0.39, 0.29) is 0 Å². The topological polar surface area (TPSA) is 43.6 Å². The molecule has 0 radical (unpaired) electrons. The molecule has 0 atom stereocenters. The lowest BCUT2D eigenvalue weighted by molar-refractivity contribution is 1.07. The van der Waals surface area contributed by atoms with E-state index >= 15 is 0 Å². The molecule has 290 valence electrons. The van der Waals surface area contributed by atoms with Crippen LogP contribution in [0, 0.1) is 0 Å². The third-order valence-electron chi connectivity index (χ3n) is 11.9. The molecule has 4 nitrogen and oxygen atoms in total. The molecule has 0 saturated carbocycles. The average Bonchev–Trinajstić information content (AvgIpc) is 3.90. The van der Waals surface area contributed by atoms with Crippen LogP contribution in [-0.4, -0.2) is 19.5 Å². The average molecular weight is 809 g/mol. The highest BCUT2D eigenvalue weighted by atomic mass is 32.1. The van der Waals surface area contributed by atoms with Crippen LogP contribution in [0.3, 0.4) is 0 Å². The first-order valence-corrected chi connectivity index (χ1v) is 21.7. The molecule has 3 aromatic heterocycles. The third-order valence-corrected chi connectivity index (χ3v) is 13.0. The van der Waals surface area contributed by atoms with Crippen LogP contribution in [0.1, 0.15) is 0 Å². The zero-order valence-corrected chi connectivity index (χ0v) is 34.3. The Morgan fingerprint density at radius 3 is 1.52 bits per heavy atom. The highest BCUT2D eigenvalue weighted by Gasteiger charge is 2.20. The maximum Gasteiger partial charge on any atom is 0.164 e. The first kappa shape index (κ1) is 35.9. The SMILES string of the molecule is c1ccc(-c2ccc(-c3nc(-c4ccccc4)nc(-c4cc(-c5ccc6c(c5)c5ccc(-c7ccccc7)cc5n6-c5ccccc5)c5c(c4)sc4ccccc45)n3)cc2)cc1. The van der Waals surface area contributed by atoms with E-state index in [2.05, 4.69) is 199 Å². The van der Waals surface area contributed by atoms with E-state index in [0.717, 1.165) is 44.6 Å². The summed E-state index contributed by atoms with van der Waals surface area (Å²) < 4.78 is 4.83. The molecule has 0 unspecified atom stereocenters. The standard InChI is InChI=1S/C57H36N4S/c1-5-15-37(16-6-1)39-25-27-41(28-26-39)56-58-55(40-19-9-3-10-20-40)59-57(60-56)44-34-48(54-47-23-13-14-24-52(47)62-53(54)36-44)43-30-32-50-49(33-43)46-31-29-42(38-17-7-2-8-18-38)35-51(46)61(50)45-21-11-4-12-22-45/h1-36H. The van der Waals surface area contributed by atoms with Gasteiger partial charge in [-0.2, -0.15) is 0 Å². The van der Waals surface area contributed by atoms with Crippen molar-refractivity contribution in [2.75, 3.05) is 0 Å². The molecule has 0 amide bonds. The molecule has 5 heteroatoms. The van der Waals surface area contributed by atoms with E-state index in [1.807, 2.05) is 35.6 Å². The number of rotatable bonds is 7. The van der Waals surface area contributed by atoms with Gasteiger partial charge in [0.1, 0.15) is 0 Å². The minimum atomic E-state index is 0.636. The van der Waals surface area contributed by atoms with E-state index in [1.165, 1.54) is 53.2 Å². The first-order chi connectivity index (χ1) is 30.7. The van der Waals surface area contributed by atoms with E-state index in [0.29, 0.717) is 17.5 Å². The van der Waals surface area contributed by atoms with Crippen molar-refractivity contribution in [3.8, 4) is 73.2 Å². The number of nitrogens with zero attached hydrogens (tertiary/aromatic N) is 4. The second-order valence-electron chi connectivity index (χ2n) is 15.6. The number of thiophene rings is 1. The van der Waals surface area contributed by atoms with E-state index < -0.39 is 0 Å². The van der Waals surface area contributed by atoms with Crippen molar-refractivity contribution in [2.24, 2.45) is 0 Å². The van der Waals surface area contributed by atoms with Crippen LogP contribution in [0.15, 0.2) is 218 Å². The molecule has 0 aliphatic rings. The van der Waals surface area contributed by atoms with Gasteiger partial charge in [0.25, 0.3) is 0 Å². The summed E-state index contributed by atoms with van der Waals surface area (Å²) in [7, 11) is 0. The summed E-state index contributed by atoms with van der Waals surface area (Å²) in [5.74, 6) is 1.91. The molecule has 12 rings (SSSR count). The Morgan fingerprint density at radius 2 is 0.823 bits per heavy atom. The lowest BCUT2D eigenvalue weighted by Crippen LogP contribution is -2.00. The number of hydrogen-bond donors (Lipinski definition) is 0. The van der Waals surface area contributed by atoms with Gasteiger partial charge < -0.3 is 4.57 Å². The molecule has 0 fully saturated rings. The number of hydrogen-bond acceptors (Lipinski definition) is 4. The fourth-order valence-corrected chi connectivity index (χ4v) is 10.0. The zero-order chi connectivity index (χ0) is 41.0. The van der Waals surface area contributed by atoms with E-state index in [4.69, 9.17) is 15.0 Å². The van der Waals surface area contributed by atoms with Crippen LogP contribution < -0.4 is 0 Å². The van der Waals surface area contributed by atoms with Crippen molar-refractivity contribution in [3.63, 3.8) is 0 Å². The number of fused-ring (bicyclic) bond motifs is 6. The Labute approximate surface area is 362 Å². The monoisotopic (exact) mass is 808 g/mol. The normalized spacial score (nSPS) is 11.5. The molecule has 0 aliphatic heterocycles. The summed E-state index contributed by atoms with van der Waals surface area (Å²) in [5, 5.41) is 4.89. The zero-order valence-electron chi connectivity index (χ0n) is 33.5. The van der Waals surface area contributed by atoms with E-state index in [9.17, 15) is 0 Å². The Bertz CT molecular complexity index is 3600. The Morgan fingerprint density at radius 1 is 0.306 bits per heavy atom. The summed E-state index contributed by atoms with van der Waals surface area (Å²) >= 11 is 1.81. The Balaban J connectivity index is 1.07. The van der Waals surface area contributed by atoms with E-state index in [1.54, 1.807) is 0 Å². The van der Waals surface area contributed by atoms with Crippen LogP contribution in [0.25, 0.3) is 115 Å². The fourth-order valence-electron chi connectivity index (χ4n) is 8.86. The minimum absolute atomic E-state index is 0.636. The highest BCUT2D eigenvalue weighted by molar-refractivity contribution is 7.26. The molecule has 62 heavy (non-hydrogen) atoms. The lowest BCUT2D eigenvalue weighted by atomic mass is 9.95. The van der Waals surface area contributed by atoms with Crippen LogP contribution in [0.4, 0.5) is 0 Å². The summed E-state index contributed by atoms with van der Waals surface area (Å²) in [5.41, 5.74) is 13.3. The molecular formula is C57H36N4S. The van der Waals surface area contributed by atoms with Crippen LogP contribution in [0.5, 0.6) is 0 Å². The molecule has 0 aliphatic carbocycles. The van der Waals surface area contributed by atoms with Gasteiger partial charge in [0, 0.05) is 53.3 Å². The first-order valence-electron chi connectivity index (χ1n) is 20.8. The molecule has 0 saturated heterocycles. The van der Waals surface area contributed by atoms with Crippen molar-refractivity contribution in [2.45, 2.75) is 0 Å². The Kier molecular flexibility index (Phi) is 8.65. The van der Waals surface area contributed by atoms with Crippen molar-refractivity contribution in [3.05, 3.63) is 218 Å². The fraction of sp³-hybridized carbons (Fsp3) is 0. The molecule has 9 aromatic carbocycles. The van der Waals surface area contributed by atoms with Crippen molar-refractivity contribution in [1.82, 2.24) is 19.5 Å². The summed E-state index contributed by atoms with van der Waals surface area (Å²) in [4.78, 5) is 15.5. The number of para-hydroxylation sites is 1. The highest BCUT2D eigenvalue weighted by Crippen LogP contribution is 2.44. The van der Waals surface area contributed by atoms with Gasteiger partial charge in [-0.1, -0.05) is 170 Å². The smallest absolute Gasteiger partial charge is 0.164 e. The molecule has 3 heterocycles. The predicted molar refractivity (Wildman–Crippen MR) is 260 cm³/mol. The molecule has 0 N–H and O–H groups in total. The number of benzene rings is 9. The summed E-state index contributed by atoms with van der Waals surface area (Å²) in [6.07, 6.45) is 0. The summed E-state index contributed by atoms with van der Waals surface area (Å²) in [6.45, 7) is 0. The second kappa shape index (κ2) is 14.9. The largest absolute Gasteiger partial charge is 0.309 e. The van der Waals surface area contributed by atoms with Gasteiger partial charge in [-0.15, -0.1) is 11.3 Å². The second-order valence-corrected chi connectivity index (χ2v) is 16.7. The maximum atomic E-state index is 5.24.